The number of nitrogens with two attached hydrogens (primary N) is 1. The summed E-state index contributed by atoms with van der Waals surface area (Å²) in [6.45, 7) is 1.42. The van der Waals surface area contributed by atoms with Gasteiger partial charge in [0.2, 0.25) is 0 Å². The number of fused-ring (bicyclic) bond motifs is 1. The molecule has 1 fully saturated rings. The molecule has 3 rings (SSSR count). The first kappa shape index (κ1) is 11.4. The summed E-state index contributed by atoms with van der Waals surface area (Å²) in [6, 6.07) is 4.12. The van der Waals surface area contributed by atoms with Crippen molar-refractivity contribution in [3.63, 3.8) is 0 Å². The molecule has 3 nitrogen and oxygen atoms in total. The summed E-state index contributed by atoms with van der Waals surface area (Å²) in [4.78, 5) is 0. The molecule has 1 aromatic carbocycles. The van der Waals surface area contributed by atoms with Gasteiger partial charge in [-0.1, -0.05) is 0 Å². The molecule has 1 aliphatic carbocycles. The lowest BCUT2D eigenvalue weighted by Gasteiger charge is -2.39. The van der Waals surface area contributed by atoms with Gasteiger partial charge in [-0.2, -0.15) is 0 Å². The fourth-order valence-electron chi connectivity index (χ4n) is 2.36. The van der Waals surface area contributed by atoms with Gasteiger partial charge in [0, 0.05) is 12.0 Å². The molecule has 0 bridgehead atoms. The topological polar surface area (TPSA) is 44.5 Å². The molecule has 2 aliphatic rings. The molecular weight excluding hydrogens is 282 g/mol. The first-order valence-corrected chi connectivity index (χ1v) is 6.87. The highest BCUT2D eigenvalue weighted by atomic mass is 79.9. The van der Waals surface area contributed by atoms with Crippen LogP contribution < -0.4 is 15.2 Å². The lowest BCUT2D eigenvalue weighted by atomic mass is 9.73. The predicted molar refractivity (Wildman–Crippen MR) is 69.5 cm³/mol. The van der Waals surface area contributed by atoms with Crippen LogP contribution in [0, 0.1) is 0 Å². The van der Waals surface area contributed by atoms with E-state index in [-0.39, 0.29) is 5.54 Å². The van der Waals surface area contributed by atoms with Crippen molar-refractivity contribution in [3.05, 3.63) is 22.2 Å². The van der Waals surface area contributed by atoms with Crippen molar-refractivity contribution in [2.45, 2.75) is 31.2 Å². The van der Waals surface area contributed by atoms with Crippen molar-refractivity contribution < 1.29 is 9.47 Å². The van der Waals surface area contributed by atoms with E-state index < -0.39 is 0 Å². The molecule has 0 radical (unpaired) electrons. The molecule has 0 unspecified atom stereocenters. The van der Waals surface area contributed by atoms with Gasteiger partial charge in [0.15, 0.2) is 11.5 Å². The van der Waals surface area contributed by atoms with Crippen LogP contribution in [0.1, 0.15) is 31.2 Å². The van der Waals surface area contributed by atoms with Crippen LogP contribution in [-0.2, 0) is 5.54 Å². The van der Waals surface area contributed by atoms with Crippen molar-refractivity contribution in [2.75, 3.05) is 13.2 Å². The molecule has 0 spiro atoms. The second kappa shape index (κ2) is 4.18. The minimum atomic E-state index is -0.160. The van der Waals surface area contributed by atoms with Crippen molar-refractivity contribution in [1.29, 1.82) is 0 Å². The van der Waals surface area contributed by atoms with Gasteiger partial charge < -0.3 is 15.2 Å². The van der Waals surface area contributed by atoms with E-state index in [9.17, 15) is 0 Å². The predicted octanol–water partition coefficient (Wildman–Crippen LogP) is 2.95. The van der Waals surface area contributed by atoms with Gasteiger partial charge in [-0.3, -0.25) is 0 Å². The normalized spacial score (nSPS) is 21.5. The zero-order valence-corrected chi connectivity index (χ0v) is 11.3. The van der Waals surface area contributed by atoms with E-state index in [0.717, 1.165) is 40.8 Å². The molecule has 1 aliphatic heterocycles. The third-order valence-electron chi connectivity index (χ3n) is 3.62. The second-order valence-electron chi connectivity index (χ2n) is 4.85. The molecule has 1 aromatic rings. The van der Waals surface area contributed by atoms with Gasteiger partial charge in [0.25, 0.3) is 0 Å². The fraction of sp³-hybridized carbons (Fsp3) is 0.538. The maximum absolute atomic E-state index is 6.35. The average molecular weight is 298 g/mol. The van der Waals surface area contributed by atoms with Crippen LogP contribution in [0.25, 0.3) is 0 Å². The smallest absolute Gasteiger partial charge is 0.175 e. The van der Waals surface area contributed by atoms with Gasteiger partial charge >= 0.3 is 0 Å². The lowest BCUT2D eigenvalue weighted by Crippen LogP contribution is -2.43. The first-order valence-electron chi connectivity index (χ1n) is 6.08. The van der Waals surface area contributed by atoms with E-state index >= 15 is 0 Å². The molecule has 2 N–H and O–H groups in total. The minimum Gasteiger partial charge on any atom is -0.490 e. The Morgan fingerprint density at radius 3 is 2.59 bits per heavy atom. The second-order valence-corrected chi connectivity index (χ2v) is 5.70. The molecule has 92 valence electrons. The Labute approximate surface area is 109 Å². The summed E-state index contributed by atoms with van der Waals surface area (Å²) in [5, 5.41) is 0. The summed E-state index contributed by atoms with van der Waals surface area (Å²) >= 11 is 3.55. The third-order valence-corrected chi connectivity index (χ3v) is 4.21. The SMILES string of the molecule is NC1(c2cc(Br)c3c(c2)OCCCO3)CCC1. The van der Waals surface area contributed by atoms with Gasteiger partial charge in [-0.15, -0.1) is 0 Å². The van der Waals surface area contributed by atoms with E-state index in [1.807, 2.05) is 6.07 Å². The highest BCUT2D eigenvalue weighted by molar-refractivity contribution is 9.10. The number of halogens is 1. The number of ether oxygens (including phenoxy) is 2. The molecule has 0 atom stereocenters. The van der Waals surface area contributed by atoms with E-state index in [1.165, 1.54) is 6.42 Å². The van der Waals surface area contributed by atoms with Gasteiger partial charge in [0.1, 0.15) is 0 Å². The minimum absolute atomic E-state index is 0.160. The highest BCUT2D eigenvalue weighted by Crippen LogP contribution is 2.45. The van der Waals surface area contributed by atoms with Crippen LogP contribution in [0.5, 0.6) is 11.5 Å². The Morgan fingerprint density at radius 2 is 1.88 bits per heavy atom. The first-order chi connectivity index (χ1) is 8.19. The Morgan fingerprint density at radius 1 is 1.12 bits per heavy atom. The Hall–Kier alpha value is -0.740. The van der Waals surface area contributed by atoms with E-state index in [2.05, 4.69) is 22.0 Å². The quantitative estimate of drug-likeness (QED) is 0.867. The van der Waals surface area contributed by atoms with E-state index in [4.69, 9.17) is 15.2 Å². The Bertz CT molecular complexity index is 443. The van der Waals surface area contributed by atoms with Crippen molar-refractivity contribution >= 4 is 15.9 Å². The number of benzene rings is 1. The number of rotatable bonds is 1. The fourth-order valence-corrected chi connectivity index (χ4v) is 2.92. The van der Waals surface area contributed by atoms with E-state index in [1.54, 1.807) is 0 Å². The maximum Gasteiger partial charge on any atom is 0.175 e. The Balaban J connectivity index is 2.02. The molecule has 1 saturated carbocycles. The molecule has 17 heavy (non-hydrogen) atoms. The third kappa shape index (κ3) is 1.93. The molecular formula is C13H16BrNO2. The van der Waals surface area contributed by atoms with E-state index in [0.29, 0.717) is 13.2 Å². The maximum atomic E-state index is 6.35. The average Bonchev–Trinajstić information content (AvgIpc) is 2.51. The number of hydrogen-bond donors (Lipinski definition) is 1. The zero-order valence-electron chi connectivity index (χ0n) is 9.67. The van der Waals surface area contributed by atoms with Gasteiger partial charge in [-0.05, 0) is 52.9 Å². The summed E-state index contributed by atoms with van der Waals surface area (Å²) in [7, 11) is 0. The van der Waals surface area contributed by atoms with Crippen LogP contribution in [-0.4, -0.2) is 13.2 Å². The summed E-state index contributed by atoms with van der Waals surface area (Å²) in [6.07, 6.45) is 4.24. The van der Waals surface area contributed by atoms with Crippen LogP contribution >= 0.6 is 15.9 Å². The summed E-state index contributed by atoms with van der Waals surface area (Å²) in [5.41, 5.74) is 7.34. The molecule has 0 saturated heterocycles. The standard InChI is InChI=1S/C13H16BrNO2/c14-10-7-9(13(15)3-1-4-13)8-11-12(10)17-6-2-5-16-11/h7-8H,1-6,15H2. The lowest BCUT2D eigenvalue weighted by molar-refractivity contribution is 0.251. The molecule has 0 aromatic heterocycles. The molecule has 0 amide bonds. The highest BCUT2D eigenvalue weighted by Gasteiger charge is 2.35. The van der Waals surface area contributed by atoms with Crippen LogP contribution in [0.4, 0.5) is 0 Å². The Kier molecular flexibility index (Phi) is 2.79. The summed E-state index contributed by atoms with van der Waals surface area (Å²) in [5.74, 6) is 1.64. The van der Waals surface area contributed by atoms with Gasteiger partial charge in [-0.25, -0.2) is 0 Å². The van der Waals surface area contributed by atoms with Crippen molar-refractivity contribution in [1.82, 2.24) is 0 Å². The van der Waals surface area contributed by atoms with Crippen molar-refractivity contribution in [3.8, 4) is 11.5 Å². The van der Waals surface area contributed by atoms with Crippen molar-refractivity contribution in [2.24, 2.45) is 5.73 Å². The monoisotopic (exact) mass is 297 g/mol. The molecule has 1 heterocycles. The van der Waals surface area contributed by atoms with Crippen LogP contribution in [0.3, 0.4) is 0 Å². The van der Waals surface area contributed by atoms with Crippen LogP contribution in [0.15, 0.2) is 16.6 Å². The number of hydrogen-bond acceptors (Lipinski definition) is 3. The van der Waals surface area contributed by atoms with Crippen LogP contribution in [0.2, 0.25) is 0 Å². The summed E-state index contributed by atoms with van der Waals surface area (Å²) < 4.78 is 12.4. The zero-order chi connectivity index (χ0) is 11.9. The largest absolute Gasteiger partial charge is 0.490 e. The van der Waals surface area contributed by atoms with Gasteiger partial charge in [0.05, 0.1) is 17.7 Å². The molecule has 4 heteroatoms.